The molecular weight excluding hydrogens is 472 g/mol. The molecule has 0 spiro atoms. The van der Waals surface area contributed by atoms with Gasteiger partial charge in [0.15, 0.2) is 0 Å². The Kier molecular flexibility index (Phi) is 37.9. The van der Waals surface area contributed by atoms with Gasteiger partial charge in [-0.15, -0.1) is 0 Å². The fraction of sp³-hybridized carbons (Fsp3) is 0.750. The summed E-state index contributed by atoms with van der Waals surface area (Å²) in [6, 6.07) is 0. The van der Waals surface area contributed by atoms with Gasteiger partial charge in [0.25, 0.3) is 0 Å². The van der Waals surface area contributed by atoms with Gasteiger partial charge in [0.2, 0.25) is 0 Å². The topological polar surface area (TPSA) is 196 Å². The zero-order chi connectivity index (χ0) is 22.5. The van der Waals surface area contributed by atoms with Crippen LogP contribution in [0.5, 0.6) is 0 Å². The first-order chi connectivity index (χ1) is 12.6. The molecule has 0 amide bonds. The predicted octanol–water partition coefficient (Wildman–Crippen LogP) is -4.14. The van der Waals surface area contributed by atoms with Crippen molar-refractivity contribution in [1.29, 1.82) is 0 Å². The summed E-state index contributed by atoms with van der Waals surface area (Å²) in [5, 5.41) is 52.2. The van der Waals surface area contributed by atoms with E-state index in [-0.39, 0.29) is 131 Å². The SMILES string of the molecule is CC(O)CC(C)(C)O.O=C(O)CN(CCN(CC(=O)O)CC(=O)O)CC(=O)O.[NaH].[NaH].[NaH].[NaH]. The maximum atomic E-state index is 10.6. The Hall–Kier alpha value is 1.72. The number of nitrogens with zero attached hydrogens (tertiary/aromatic N) is 2. The van der Waals surface area contributed by atoms with Crippen molar-refractivity contribution in [1.82, 2.24) is 9.80 Å². The van der Waals surface area contributed by atoms with Gasteiger partial charge in [0.05, 0.1) is 37.9 Å². The van der Waals surface area contributed by atoms with Crippen molar-refractivity contribution in [2.45, 2.75) is 38.9 Å². The number of carboxylic acids is 4. The van der Waals surface area contributed by atoms with Crippen LogP contribution in [0.3, 0.4) is 0 Å². The number of aliphatic hydroxyl groups is 2. The Morgan fingerprint density at radius 2 is 0.906 bits per heavy atom. The number of hydrogen-bond donors (Lipinski definition) is 6. The van der Waals surface area contributed by atoms with Crippen molar-refractivity contribution in [3.63, 3.8) is 0 Å². The second kappa shape index (κ2) is 25.8. The molecule has 16 heteroatoms. The normalized spacial score (nSPS) is 10.7. The molecule has 0 radical (unpaired) electrons. The molecule has 0 rings (SSSR count). The Bertz CT molecular complexity index is 465. The second-order valence-corrected chi connectivity index (χ2v) is 6.86. The molecule has 32 heavy (non-hydrogen) atoms. The molecule has 0 aromatic rings. The molecule has 0 saturated carbocycles. The van der Waals surface area contributed by atoms with E-state index in [2.05, 4.69) is 0 Å². The summed E-state index contributed by atoms with van der Waals surface area (Å²) in [4.78, 5) is 44.4. The van der Waals surface area contributed by atoms with Gasteiger partial charge in [0, 0.05) is 19.5 Å². The van der Waals surface area contributed by atoms with Gasteiger partial charge >= 0.3 is 142 Å². The van der Waals surface area contributed by atoms with E-state index in [1.165, 1.54) is 0 Å². The van der Waals surface area contributed by atoms with Crippen molar-refractivity contribution in [3.8, 4) is 0 Å². The molecule has 0 aliphatic heterocycles. The average molecular weight is 506 g/mol. The Morgan fingerprint density at radius 1 is 0.688 bits per heavy atom. The molecule has 12 nitrogen and oxygen atoms in total. The number of rotatable bonds is 13. The minimum atomic E-state index is -1.23. The quantitative estimate of drug-likeness (QED) is 0.132. The Morgan fingerprint density at radius 3 is 1.00 bits per heavy atom. The van der Waals surface area contributed by atoms with E-state index >= 15 is 0 Å². The first-order valence-electron chi connectivity index (χ1n) is 8.34. The van der Waals surface area contributed by atoms with Crippen LogP contribution in [0, 0.1) is 0 Å². The minimum absolute atomic E-state index is 0. The van der Waals surface area contributed by atoms with Crippen molar-refractivity contribution in [3.05, 3.63) is 0 Å². The summed E-state index contributed by atoms with van der Waals surface area (Å²) < 4.78 is 0. The molecule has 0 saturated heterocycles. The Labute approximate surface area is 276 Å². The molecule has 0 aliphatic rings. The van der Waals surface area contributed by atoms with Gasteiger partial charge in [-0.2, -0.15) is 0 Å². The van der Waals surface area contributed by atoms with Crippen LogP contribution < -0.4 is 0 Å². The molecular formula is C16H34N2Na4O10. The molecule has 172 valence electrons. The first kappa shape index (κ1) is 47.0. The molecule has 0 aliphatic carbocycles. The fourth-order valence-corrected chi connectivity index (χ4v) is 2.20. The van der Waals surface area contributed by atoms with Crippen LogP contribution >= 0.6 is 0 Å². The number of hydrogen-bond acceptors (Lipinski definition) is 8. The molecule has 0 heterocycles. The molecule has 1 unspecified atom stereocenters. The summed E-state index contributed by atoms with van der Waals surface area (Å²) in [7, 11) is 0. The zero-order valence-electron chi connectivity index (χ0n) is 16.2. The van der Waals surface area contributed by atoms with E-state index in [9.17, 15) is 19.2 Å². The summed E-state index contributed by atoms with van der Waals surface area (Å²) in [6.07, 6.45) is 0.0301. The number of aliphatic hydroxyl groups excluding tert-OH is 1. The molecule has 0 fully saturated rings. The van der Waals surface area contributed by atoms with Crippen molar-refractivity contribution >= 4 is 142 Å². The average Bonchev–Trinajstić information content (AvgIpc) is 2.39. The third-order valence-electron chi connectivity index (χ3n) is 2.96. The predicted molar refractivity (Wildman–Crippen MR) is 125 cm³/mol. The fourth-order valence-electron chi connectivity index (χ4n) is 2.20. The van der Waals surface area contributed by atoms with E-state index in [0.29, 0.717) is 6.42 Å². The number of aliphatic carboxylic acids is 4. The third-order valence-corrected chi connectivity index (χ3v) is 2.96. The summed E-state index contributed by atoms with van der Waals surface area (Å²) in [6.45, 7) is 2.77. The van der Waals surface area contributed by atoms with E-state index in [4.69, 9.17) is 30.6 Å². The number of carboxylic acid groups (broad SMARTS) is 4. The molecule has 0 bridgehead atoms. The van der Waals surface area contributed by atoms with Crippen LogP contribution in [0.2, 0.25) is 0 Å². The van der Waals surface area contributed by atoms with Gasteiger partial charge in [0.1, 0.15) is 0 Å². The third kappa shape index (κ3) is 39.0. The molecule has 0 aromatic heterocycles. The van der Waals surface area contributed by atoms with E-state index in [1.807, 2.05) is 0 Å². The van der Waals surface area contributed by atoms with Crippen LogP contribution in [0.15, 0.2) is 0 Å². The van der Waals surface area contributed by atoms with E-state index < -0.39 is 61.8 Å². The standard InChI is InChI=1S/C10H16N2O8.C6H14O2.4Na.4H/c13-7(14)3-11(4-8(15)16)1-2-12(5-9(17)18)6-10(19)20;1-5(7)4-6(2,3)8;;;;;;;;/h1-6H2,(H,13,14)(H,15,16)(H,17,18)(H,19,20);5,7-8H,4H2,1-3H3;;;;;;;;. The molecule has 1 atom stereocenters. The van der Waals surface area contributed by atoms with Gasteiger partial charge in [-0.1, -0.05) is 0 Å². The van der Waals surface area contributed by atoms with E-state index in [0.717, 1.165) is 9.80 Å². The van der Waals surface area contributed by atoms with Gasteiger partial charge in [-0.05, 0) is 20.8 Å². The van der Waals surface area contributed by atoms with Gasteiger partial charge in [-0.3, -0.25) is 29.0 Å². The Balaban J connectivity index is -0.000000122. The van der Waals surface area contributed by atoms with Gasteiger partial charge in [-0.25, -0.2) is 0 Å². The van der Waals surface area contributed by atoms with E-state index in [1.54, 1.807) is 20.8 Å². The van der Waals surface area contributed by atoms with Crippen LogP contribution in [0.25, 0.3) is 0 Å². The van der Waals surface area contributed by atoms with Crippen molar-refractivity contribution < 1.29 is 49.8 Å². The molecule has 6 N–H and O–H groups in total. The van der Waals surface area contributed by atoms with Gasteiger partial charge < -0.3 is 30.6 Å². The summed E-state index contributed by atoms with van der Waals surface area (Å²) in [5.41, 5.74) is -0.728. The zero-order valence-corrected chi connectivity index (χ0v) is 16.2. The number of carbonyl (C=O) groups is 4. The van der Waals surface area contributed by atoms with Crippen LogP contribution in [-0.2, 0) is 19.2 Å². The summed E-state index contributed by atoms with van der Waals surface area (Å²) >= 11 is 0. The van der Waals surface area contributed by atoms with Crippen LogP contribution in [-0.4, -0.2) is 234 Å². The monoisotopic (exact) mass is 506 g/mol. The maximum absolute atomic E-state index is 10.6. The van der Waals surface area contributed by atoms with Crippen LogP contribution in [0.4, 0.5) is 0 Å². The molecule has 0 aromatic carbocycles. The van der Waals surface area contributed by atoms with Crippen LogP contribution in [0.1, 0.15) is 27.2 Å². The van der Waals surface area contributed by atoms with Crippen molar-refractivity contribution in [2.75, 3.05) is 39.3 Å². The second-order valence-electron chi connectivity index (χ2n) is 6.86. The first-order valence-corrected chi connectivity index (χ1v) is 8.34. The summed E-state index contributed by atoms with van der Waals surface area (Å²) in [5.74, 6) is -4.91. The van der Waals surface area contributed by atoms with Crippen molar-refractivity contribution in [2.24, 2.45) is 0 Å².